The van der Waals surface area contributed by atoms with Crippen LogP contribution >= 0.6 is 11.3 Å². The Morgan fingerprint density at radius 2 is 2.25 bits per heavy atom. The van der Waals surface area contributed by atoms with Gasteiger partial charge >= 0.3 is 0 Å². The Labute approximate surface area is 123 Å². The molecule has 1 unspecified atom stereocenters. The summed E-state index contributed by atoms with van der Waals surface area (Å²) in [5.41, 5.74) is 0. The van der Waals surface area contributed by atoms with Crippen molar-refractivity contribution in [2.45, 2.75) is 23.8 Å². The summed E-state index contributed by atoms with van der Waals surface area (Å²) in [5, 5.41) is 7.74. The summed E-state index contributed by atoms with van der Waals surface area (Å²) in [4.78, 5) is 12.6. The van der Waals surface area contributed by atoms with Crippen LogP contribution in [-0.2, 0) is 10.0 Å². The van der Waals surface area contributed by atoms with Crippen molar-refractivity contribution in [2.75, 3.05) is 27.2 Å². The molecule has 1 fully saturated rings. The van der Waals surface area contributed by atoms with Gasteiger partial charge in [0.1, 0.15) is 9.77 Å². The molecule has 2 N–H and O–H groups in total. The molecule has 8 heteroatoms. The Bertz CT molecular complexity index is 575. The Morgan fingerprint density at radius 1 is 1.50 bits per heavy atom. The molecule has 1 aliphatic heterocycles. The maximum Gasteiger partial charge on any atom is 0.263 e. The minimum absolute atomic E-state index is 0.0632. The number of hydrogen-bond acceptors (Lipinski definition) is 5. The second-order valence-corrected chi connectivity index (χ2v) is 7.95. The van der Waals surface area contributed by atoms with E-state index in [0.29, 0.717) is 0 Å². The van der Waals surface area contributed by atoms with E-state index in [9.17, 15) is 13.2 Å². The van der Waals surface area contributed by atoms with Gasteiger partial charge in [-0.15, -0.1) is 11.3 Å². The molecule has 1 saturated heterocycles. The molecule has 0 spiro atoms. The van der Waals surface area contributed by atoms with Crippen LogP contribution < -0.4 is 10.6 Å². The number of sulfonamides is 1. The van der Waals surface area contributed by atoms with Crippen LogP contribution in [0.1, 0.15) is 22.5 Å². The number of piperidine rings is 1. The molecule has 1 aromatic rings. The summed E-state index contributed by atoms with van der Waals surface area (Å²) in [6.45, 7) is 1.69. The predicted octanol–water partition coefficient (Wildman–Crippen LogP) is 0.480. The van der Waals surface area contributed by atoms with Crippen molar-refractivity contribution < 1.29 is 13.2 Å². The molecule has 0 radical (unpaired) electrons. The number of carbonyl (C=O) groups is 1. The largest absolute Gasteiger partial charge is 0.347 e. The van der Waals surface area contributed by atoms with E-state index in [2.05, 4.69) is 10.6 Å². The number of amides is 1. The number of nitrogens with zero attached hydrogens (tertiary/aromatic N) is 1. The molecule has 0 saturated carbocycles. The molecule has 20 heavy (non-hydrogen) atoms. The predicted molar refractivity (Wildman–Crippen MR) is 78.5 cm³/mol. The van der Waals surface area contributed by atoms with Crippen LogP contribution in [0.15, 0.2) is 16.3 Å². The fourth-order valence-electron chi connectivity index (χ4n) is 2.09. The first-order chi connectivity index (χ1) is 9.43. The van der Waals surface area contributed by atoms with Crippen molar-refractivity contribution in [1.29, 1.82) is 0 Å². The Kier molecular flexibility index (Phi) is 4.79. The Hall–Kier alpha value is -0.960. The van der Waals surface area contributed by atoms with Crippen LogP contribution in [0, 0.1) is 0 Å². The maximum absolute atomic E-state index is 12.3. The number of nitrogens with one attached hydrogen (secondary N) is 2. The number of hydrogen-bond donors (Lipinski definition) is 2. The van der Waals surface area contributed by atoms with Crippen LogP contribution in [-0.4, -0.2) is 51.9 Å². The molecular formula is C12H19N3O3S2. The third-order valence-corrected chi connectivity index (χ3v) is 6.13. The van der Waals surface area contributed by atoms with E-state index in [1.165, 1.54) is 20.2 Å². The van der Waals surface area contributed by atoms with Crippen molar-refractivity contribution in [3.8, 4) is 0 Å². The highest BCUT2D eigenvalue weighted by molar-refractivity contribution is 7.89. The fourth-order valence-corrected chi connectivity index (χ4v) is 4.29. The van der Waals surface area contributed by atoms with Crippen molar-refractivity contribution in [3.05, 3.63) is 16.3 Å². The van der Waals surface area contributed by atoms with Gasteiger partial charge in [0.25, 0.3) is 5.91 Å². The lowest BCUT2D eigenvalue weighted by atomic mass is 10.1. The smallest absolute Gasteiger partial charge is 0.263 e. The lowest BCUT2D eigenvalue weighted by molar-refractivity contribution is 0.0931. The van der Waals surface area contributed by atoms with Crippen LogP contribution in [0.2, 0.25) is 0 Å². The first-order valence-corrected chi connectivity index (χ1v) is 8.76. The minimum Gasteiger partial charge on any atom is -0.347 e. The normalized spacial score (nSPS) is 20.1. The summed E-state index contributed by atoms with van der Waals surface area (Å²) >= 11 is 1.15. The molecule has 1 amide bonds. The molecular weight excluding hydrogens is 298 g/mol. The molecule has 0 bridgehead atoms. The van der Waals surface area contributed by atoms with Crippen LogP contribution in [0.3, 0.4) is 0 Å². The molecule has 0 aliphatic carbocycles. The Balaban J connectivity index is 2.17. The molecule has 6 nitrogen and oxygen atoms in total. The molecule has 1 aliphatic rings. The van der Waals surface area contributed by atoms with Gasteiger partial charge in [0, 0.05) is 26.7 Å². The highest BCUT2D eigenvalue weighted by Gasteiger charge is 2.27. The minimum atomic E-state index is -3.58. The quantitative estimate of drug-likeness (QED) is 0.847. The van der Waals surface area contributed by atoms with Crippen molar-refractivity contribution in [1.82, 2.24) is 14.9 Å². The monoisotopic (exact) mass is 317 g/mol. The van der Waals surface area contributed by atoms with Gasteiger partial charge in [-0.05, 0) is 30.8 Å². The van der Waals surface area contributed by atoms with Crippen molar-refractivity contribution in [3.63, 3.8) is 0 Å². The third-order valence-electron chi connectivity index (χ3n) is 3.23. The van der Waals surface area contributed by atoms with Gasteiger partial charge in [-0.2, -0.15) is 0 Å². The average Bonchev–Trinajstić information content (AvgIpc) is 2.89. The van der Waals surface area contributed by atoms with E-state index in [1.807, 2.05) is 0 Å². The lowest BCUT2D eigenvalue weighted by Crippen LogP contribution is -2.45. The van der Waals surface area contributed by atoms with Crippen LogP contribution in [0.4, 0.5) is 0 Å². The van der Waals surface area contributed by atoms with Crippen LogP contribution in [0.5, 0.6) is 0 Å². The van der Waals surface area contributed by atoms with Gasteiger partial charge in [0.2, 0.25) is 10.0 Å². The van der Waals surface area contributed by atoms with Gasteiger partial charge in [-0.3, -0.25) is 4.79 Å². The second kappa shape index (κ2) is 6.21. The SMILES string of the molecule is CN(C)S(=O)(=O)c1ccsc1C(=O)NC1CCCNC1. The van der Waals surface area contributed by atoms with E-state index >= 15 is 0 Å². The first-order valence-electron chi connectivity index (χ1n) is 6.44. The Morgan fingerprint density at radius 3 is 2.85 bits per heavy atom. The fraction of sp³-hybridized carbons (Fsp3) is 0.583. The summed E-state index contributed by atoms with van der Waals surface area (Å²) in [5.74, 6) is -0.311. The van der Waals surface area contributed by atoms with Gasteiger partial charge in [0.05, 0.1) is 0 Å². The van der Waals surface area contributed by atoms with E-state index in [-0.39, 0.29) is 21.7 Å². The van der Waals surface area contributed by atoms with Crippen LogP contribution in [0.25, 0.3) is 0 Å². The molecule has 2 rings (SSSR count). The van der Waals surface area contributed by atoms with E-state index < -0.39 is 10.0 Å². The zero-order chi connectivity index (χ0) is 14.8. The summed E-state index contributed by atoms with van der Waals surface area (Å²) < 4.78 is 25.4. The number of rotatable bonds is 4. The molecule has 2 heterocycles. The molecule has 1 atom stereocenters. The van der Waals surface area contributed by atoms with Gasteiger partial charge in [-0.25, -0.2) is 12.7 Å². The van der Waals surface area contributed by atoms with E-state index in [1.54, 1.807) is 5.38 Å². The molecule has 1 aromatic heterocycles. The number of thiophene rings is 1. The molecule has 0 aromatic carbocycles. The van der Waals surface area contributed by atoms with Crippen molar-refractivity contribution in [2.24, 2.45) is 0 Å². The van der Waals surface area contributed by atoms with Gasteiger partial charge in [-0.1, -0.05) is 0 Å². The maximum atomic E-state index is 12.3. The van der Waals surface area contributed by atoms with E-state index in [4.69, 9.17) is 0 Å². The standard InChI is InChI=1S/C12H19N3O3S2/c1-15(2)20(17,18)10-5-7-19-11(10)12(16)14-9-4-3-6-13-8-9/h5,7,9,13H,3-4,6,8H2,1-2H3,(H,14,16). The highest BCUT2D eigenvalue weighted by atomic mass is 32.2. The lowest BCUT2D eigenvalue weighted by Gasteiger charge is -2.23. The number of carbonyl (C=O) groups excluding carboxylic acids is 1. The average molecular weight is 317 g/mol. The van der Waals surface area contributed by atoms with Gasteiger partial charge in [0.15, 0.2) is 0 Å². The topological polar surface area (TPSA) is 78.5 Å². The second-order valence-electron chi connectivity index (χ2n) is 4.92. The van der Waals surface area contributed by atoms with Crippen molar-refractivity contribution >= 4 is 27.3 Å². The third kappa shape index (κ3) is 3.20. The zero-order valence-corrected chi connectivity index (χ0v) is 13.2. The zero-order valence-electron chi connectivity index (χ0n) is 11.5. The summed E-state index contributed by atoms with van der Waals surface area (Å²) in [6.07, 6.45) is 1.93. The van der Waals surface area contributed by atoms with Gasteiger partial charge < -0.3 is 10.6 Å². The summed E-state index contributed by atoms with van der Waals surface area (Å²) in [7, 11) is -0.667. The van der Waals surface area contributed by atoms with E-state index in [0.717, 1.165) is 41.6 Å². The first kappa shape index (κ1) is 15.4. The highest BCUT2D eigenvalue weighted by Crippen LogP contribution is 2.24. The summed E-state index contributed by atoms with van der Waals surface area (Å²) in [6, 6.07) is 1.54. The molecule has 112 valence electrons.